The van der Waals surface area contributed by atoms with Crippen LogP contribution in [0.1, 0.15) is 46.9 Å². The van der Waals surface area contributed by atoms with Crippen LogP contribution in [0.5, 0.6) is 5.75 Å². The molecule has 3 atom stereocenters. The van der Waals surface area contributed by atoms with Gasteiger partial charge in [-0.3, -0.25) is 14.6 Å². The normalized spacial score (nSPS) is 19.3. The van der Waals surface area contributed by atoms with Gasteiger partial charge in [0.2, 0.25) is 0 Å². The largest absolute Gasteiger partial charge is 0.508 e. The SMILES string of the molecule is C=CCN1C[C@H](C)N([C@H](c2cccc(O)c2)c2ccccc2C(=O)N(C)CCc2ccccc2)C[C@H]1C. The van der Waals surface area contributed by atoms with Gasteiger partial charge in [0.15, 0.2) is 0 Å². The summed E-state index contributed by atoms with van der Waals surface area (Å²) in [6.07, 6.45) is 2.77. The molecule has 0 aromatic heterocycles. The number of carbonyl (C=O) groups excluding carboxylic acids is 1. The summed E-state index contributed by atoms with van der Waals surface area (Å²) in [5.74, 6) is 0.250. The number of amides is 1. The van der Waals surface area contributed by atoms with Crippen LogP contribution >= 0.6 is 0 Å². The summed E-state index contributed by atoms with van der Waals surface area (Å²) < 4.78 is 0. The first kappa shape index (κ1) is 26.6. The second kappa shape index (κ2) is 12.2. The summed E-state index contributed by atoms with van der Waals surface area (Å²) in [4.78, 5) is 20.5. The van der Waals surface area contributed by atoms with Crippen molar-refractivity contribution in [2.75, 3.05) is 33.2 Å². The molecule has 1 heterocycles. The summed E-state index contributed by atoms with van der Waals surface area (Å²) in [5.41, 5.74) is 3.89. The third-order valence-corrected chi connectivity index (χ3v) is 7.46. The summed E-state index contributed by atoms with van der Waals surface area (Å²) in [6, 6.07) is 26.1. The Balaban J connectivity index is 1.68. The maximum absolute atomic E-state index is 13.8. The zero-order valence-corrected chi connectivity index (χ0v) is 22.3. The van der Waals surface area contributed by atoms with Crippen molar-refractivity contribution in [3.8, 4) is 5.75 Å². The molecule has 5 heteroatoms. The van der Waals surface area contributed by atoms with Crippen molar-refractivity contribution in [3.63, 3.8) is 0 Å². The Kier molecular flexibility index (Phi) is 8.80. The van der Waals surface area contributed by atoms with E-state index in [0.29, 0.717) is 18.2 Å². The van der Waals surface area contributed by atoms with Crippen molar-refractivity contribution >= 4 is 5.91 Å². The van der Waals surface area contributed by atoms with Crippen molar-refractivity contribution < 1.29 is 9.90 Å². The van der Waals surface area contributed by atoms with Crippen LogP contribution in [-0.2, 0) is 6.42 Å². The molecule has 1 aliphatic heterocycles. The molecule has 0 bridgehead atoms. The number of nitrogens with zero attached hydrogens (tertiary/aromatic N) is 3. The lowest BCUT2D eigenvalue weighted by Gasteiger charge is -2.47. The highest BCUT2D eigenvalue weighted by atomic mass is 16.3. The van der Waals surface area contributed by atoms with Crippen LogP contribution in [0.4, 0.5) is 0 Å². The minimum atomic E-state index is -0.155. The molecular formula is C32H39N3O2. The predicted molar refractivity (Wildman–Crippen MR) is 151 cm³/mol. The molecule has 1 aliphatic rings. The lowest BCUT2D eigenvalue weighted by atomic mass is 9.90. The summed E-state index contributed by atoms with van der Waals surface area (Å²) in [6.45, 7) is 11.7. The quantitative estimate of drug-likeness (QED) is 0.404. The van der Waals surface area contributed by atoms with Crippen molar-refractivity contribution in [2.24, 2.45) is 0 Å². The summed E-state index contributed by atoms with van der Waals surface area (Å²) >= 11 is 0. The molecule has 1 amide bonds. The Bertz CT molecular complexity index is 1200. The van der Waals surface area contributed by atoms with Gasteiger partial charge in [0, 0.05) is 50.9 Å². The minimum absolute atomic E-state index is 0.0164. The Morgan fingerprint density at radius 2 is 1.76 bits per heavy atom. The maximum Gasteiger partial charge on any atom is 0.253 e. The molecule has 0 spiro atoms. The number of piperazine rings is 1. The molecule has 0 aliphatic carbocycles. The third-order valence-electron chi connectivity index (χ3n) is 7.46. The van der Waals surface area contributed by atoms with Crippen LogP contribution in [0.3, 0.4) is 0 Å². The smallest absolute Gasteiger partial charge is 0.253 e. The average Bonchev–Trinajstić information content (AvgIpc) is 2.91. The van der Waals surface area contributed by atoms with Gasteiger partial charge in [0.25, 0.3) is 5.91 Å². The molecule has 1 saturated heterocycles. The zero-order chi connectivity index (χ0) is 26.4. The first-order valence-corrected chi connectivity index (χ1v) is 13.2. The lowest BCUT2D eigenvalue weighted by molar-refractivity contribution is 0.0302. The molecule has 3 aromatic carbocycles. The van der Waals surface area contributed by atoms with Gasteiger partial charge in [-0.2, -0.15) is 0 Å². The van der Waals surface area contributed by atoms with E-state index in [1.807, 2.05) is 66.6 Å². The Hall–Kier alpha value is -3.41. The molecule has 194 valence electrons. The number of hydrogen-bond donors (Lipinski definition) is 1. The van der Waals surface area contributed by atoms with Crippen LogP contribution < -0.4 is 0 Å². The van der Waals surface area contributed by atoms with Crippen LogP contribution in [-0.4, -0.2) is 71.0 Å². The fourth-order valence-corrected chi connectivity index (χ4v) is 5.43. The van der Waals surface area contributed by atoms with Gasteiger partial charge in [-0.25, -0.2) is 0 Å². The topological polar surface area (TPSA) is 47.0 Å². The summed E-state index contributed by atoms with van der Waals surface area (Å²) in [5, 5.41) is 10.4. The van der Waals surface area contributed by atoms with E-state index >= 15 is 0 Å². The number of hydrogen-bond acceptors (Lipinski definition) is 4. The van der Waals surface area contributed by atoms with E-state index in [4.69, 9.17) is 0 Å². The first-order valence-electron chi connectivity index (χ1n) is 13.2. The number of phenolic OH excluding ortho intramolecular Hbond substituents is 1. The fraction of sp³-hybridized carbons (Fsp3) is 0.344. The van der Waals surface area contributed by atoms with Gasteiger partial charge in [0.1, 0.15) is 5.75 Å². The van der Waals surface area contributed by atoms with E-state index in [1.165, 1.54) is 5.56 Å². The Morgan fingerprint density at radius 1 is 1.03 bits per heavy atom. The first-order chi connectivity index (χ1) is 17.9. The fourth-order valence-electron chi connectivity index (χ4n) is 5.43. The van der Waals surface area contributed by atoms with E-state index in [1.54, 1.807) is 6.07 Å². The number of benzene rings is 3. The summed E-state index contributed by atoms with van der Waals surface area (Å²) in [7, 11) is 1.88. The van der Waals surface area contributed by atoms with E-state index in [2.05, 4.69) is 54.5 Å². The molecule has 0 radical (unpaired) electrons. The highest BCUT2D eigenvalue weighted by Crippen LogP contribution is 2.36. The van der Waals surface area contributed by atoms with Crippen molar-refractivity contribution in [3.05, 3.63) is 114 Å². The van der Waals surface area contributed by atoms with E-state index < -0.39 is 0 Å². The minimum Gasteiger partial charge on any atom is -0.508 e. The van der Waals surface area contributed by atoms with Crippen LogP contribution in [0.2, 0.25) is 0 Å². The molecule has 1 N–H and O–H groups in total. The second-order valence-electron chi connectivity index (χ2n) is 10.2. The van der Waals surface area contributed by atoms with Crippen LogP contribution in [0.15, 0.2) is 91.5 Å². The van der Waals surface area contributed by atoms with Crippen molar-refractivity contribution in [2.45, 2.75) is 38.4 Å². The number of carbonyl (C=O) groups is 1. The molecule has 1 fully saturated rings. The van der Waals surface area contributed by atoms with Gasteiger partial charge in [-0.1, -0.05) is 66.7 Å². The third kappa shape index (κ3) is 6.30. The van der Waals surface area contributed by atoms with Gasteiger partial charge in [-0.05, 0) is 55.2 Å². The highest BCUT2D eigenvalue weighted by molar-refractivity contribution is 5.96. The molecule has 0 unspecified atom stereocenters. The Labute approximate surface area is 221 Å². The number of likely N-dealkylation sites (N-methyl/N-ethyl adjacent to an activating group) is 1. The standard InChI is InChI=1S/C32H39N3O2/c1-5-19-34-22-25(3)35(23-24(34)2)31(27-14-11-15-28(36)21-27)29-16-9-10-17-30(29)32(37)33(4)20-18-26-12-7-6-8-13-26/h5-17,21,24-25,31,36H,1,18-20,22-23H2,2-4H3/t24-,25+,31-/m1/s1. The van der Waals surface area contributed by atoms with Gasteiger partial charge < -0.3 is 10.0 Å². The zero-order valence-electron chi connectivity index (χ0n) is 22.3. The number of rotatable bonds is 9. The van der Waals surface area contributed by atoms with Gasteiger partial charge in [-0.15, -0.1) is 6.58 Å². The average molecular weight is 498 g/mol. The van der Waals surface area contributed by atoms with Crippen molar-refractivity contribution in [1.82, 2.24) is 14.7 Å². The predicted octanol–water partition coefficient (Wildman–Crippen LogP) is 5.38. The van der Waals surface area contributed by atoms with Crippen LogP contribution in [0, 0.1) is 0 Å². The van der Waals surface area contributed by atoms with Crippen molar-refractivity contribution in [1.29, 1.82) is 0 Å². The Morgan fingerprint density at radius 3 is 2.49 bits per heavy atom. The molecule has 4 rings (SSSR count). The lowest BCUT2D eigenvalue weighted by Crippen LogP contribution is -2.57. The van der Waals surface area contributed by atoms with E-state index in [0.717, 1.165) is 37.2 Å². The van der Waals surface area contributed by atoms with E-state index in [9.17, 15) is 9.90 Å². The molecule has 0 saturated carbocycles. The number of aromatic hydroxyl groups is 1. The second-order valence-corrected chi connectivity index (χ2v) is 10.2. The number of phenols is 1. The van der Waals surface area contributed by atoms with E-state index in [-0.39, 0.29) is 23.7 Å². The molecule has 37 heavy (non-hydrogen) atoms. The van der Waals surface area contributed by atoms with Gasteiger partial charge in [0.05, 0.1) is 6.04 Å². The van der Waals surface area contributed by atoms with Gasteiger partial charge >= 0.3 is 0 Å². The monoisotopic (exact) mass is 497 g/mol. The maximum atomic E-state index is 13.8. The van der Waals surface area contributed by atoms with Crippen LogP contribution in [0.25, 0.3) is 0 Å². The molecule has 3 aromatic rings. The molecule has 5 nitrogen and oxygen atoms in total. The molecular weight excluding hydrogens is 458 g/mol. The highest BCUT2D eigenvalue weighted by Gasteiger charge is 2.36.